The number of aryl methyl sites for hydroxylation is 3. The monoisotopic (exact) mass is 336 g/mol. The van der Waals surface area contributed by atoms with Gasteiger partial charge in [0.05, 0.1) is 5.75 Å². The van der Waals surface area contributed by atoms with Crippen LogP contribution in [-0.4, -0.2) is 24.7 Å². The van der Waals surface area contributed by atoms with Crippen molar-refractivity contribution in [1.29, 1.82) is 0 Å². The molecule has 1 aromatic heterocycles. The van der Waals surface area contributed by atoms with E-state index >= 15 is 0 Å². The third kappa shape index (κ3) is 4.41. The van der Waals surface area contributed by atoms with E-state index in [0.717, 1.165) is 11.1 Å². The summed E-state index contributed by atoms with van der Waals surface area (Å²) in [6, 6.07) is 7.13. The fourth-order valence-electron chi connectivity index (χ4n) is 2.33. The lowest BCUT2D eigenvalue weighted by atomic mass is 10.1. The van der Waals surface area contributed by atoms with Gasteiger partial charge in [0, 0.05) is 6.07 Å². The number of carbonyl (C=O) groups excluding carboxylic acids is 1. The number of nitrogens with zero attached hydrogens (tertiary/aromatic N) is 1. The molecule has 0 radical (unpaired) electrons. The van der Waals surface area contributed by atoms with Crippen molar-refractivity contribution in [3.8, 4) is 0 Å². The second-order valence-electron chi connectivity index (χ2n) is 5.76. The van der Waals surface area contributed by atoms with Crippen LogP contribution in [0.15, 0.2) is 28.8 Å². The van der Waals surface area contributed by atoms with Crippen molar-refractivity contribution in [3.05, 3.63) is 46.7 Å². The molecule has 1 N–H and O–H groups in total. The number of aromatic nitrogens is 1. The van der Waals surface area contributed by atoms with Gasteiger partial charge in [-0.15, -0.1) is 0 Å². The van der Waals surface area contributed by atoms with Gasteiger partial charge in [0.15, 0.2) is 15.7 Å². The first-order chi connectivity index (χ1) is 10.7. The van der Waals surface area contributed by atoms with Crippen LogP contribution in [0.1, 0.15) is 29.4 Å². The Morgan fingerprint density at radius 3 is 2.30 bits per heavy atom. The molecule has 0 bridgehead atoms. The molecule has 2 aromatic rings. The molecule has 0 saturated heterocycles. The Morgan fingerprint density at radius 2 is 1.78 bits per heavy atom. The Balaban J connectivity index is 2.12. The SMILES string of the molecule is Cc1cc(C)cc(CS(=O)(=O)C(C)C(=O)Nc2cc(C)on2)c1. The van der Waals surface area contributed by atoms with Gasteiger partial charge < -0.3 is 9.84 Å². The van der Waals surface area contributed by atoms with Gasteiger partial charge in [-0.2, -0.15) is 0 Å². The molecule has 0 fully saturated rings. The van der Waals surface area contributed by atoms with Gasteiger partial charge >= 0.3 is 0 Å². The van der Waals surface area contributed by atoms with Crippen LogP contribution in [0.3, 0.4) is 0 Å². The minimum Gasteiger partial charge on any atom is -0.360 e. The summed E-state index contributed by atoms with van der Waals surface area (Å²) >= 11 is 0. The third-order valence-electron chi connectivity index (χ3n) is 3.44. The first kappa shape index (κ1) is 17.2. The molecule has 1 atom stereocenters. The van der Waals surface area contributed by atoms with Gasteiger partial charge in [0.2, 0.25) is 5.91 Å². The Bertz CT molecular complexity index is 804. The second kappa shape index (κ2) is 6.54. The van der Waals surface area contributed by atoms with E-state index in [0.29, 0.717) is 11.3 Å². The number of rotatable bonds is 5. The number of sulfone groups is 1. The summed E-state index contributed by atoms with van der Waals surface area (Å²) in [5, 5.41) is 4.90. The summed E-state index contributed by atoms with van der Waals surface area (Å²) in [5.41, 5.74) is 2.66. The number of nitrogens with one attached hydrogen (secondary N) is 1. The zero-order valence-corrected chi connectivity index (χ0v) is 14.4. The quantitative estimate of drug-likeness (QED) is 0.906. The van der Waals surface area contributed by atoms with Crippen molar-refractivity contribution in [1.82, 2.24) is 5.16 Å². The van der Waals surface area contributed by atoms with Gasteiger partial charge in [0.25, 0.3) is 0 Å². The molecule has 2 rings (SSSR count). The highest BCUT2D eigenvalue weighted by atomic mass is 32.2. The molecule has 0 aliphatic carbocycles. The highest BCUT2D eigenvalue weighted by Gasteiger charge is 2.29. The van der Waals surface area contributed by atoms with Crippen molar-refractivity contribution < 1.29 is 17.7 Å². The van der Waals surface area contributed by atoms with E-state index in [2.05, 4.69) is 10.5 Å². The maximum absolute atomic E-state index is 12.5. The Morgan fingerprint density at radius 1 is 1.17 bits per heavy atom. The Kier molecular flexibility index (Phi) is 4.89. The molecular formula is C16H20N2O4S. The van der Waals surface area contributed by atoms with Gasteiger partial charge in [-0.25, -0.2) is 8.42 Å². The average Bonchev–Trinajstić information content (AvgIpc) is 2.81. The number of benzene rings is 1. The molecule has 1 amide bonds. The summed E-state index contributed by atoms with van der Waals surface area (Å²) in [5.74, 6) is -0.0586. The van der Waals surface area contributed by atoms with Crippen LogP contribution in [0.5, 0.6) is 0 Å². The molecule has 1 unspecified atom stereocenters. The molecule has 0 aliphatic heterocycles. The van der Waals surface area contributed by atoms with Gasteiger partial charge in [0.1, 0.15) is 11.0 Å². The number of hydrogen-bond acceptors (Lipinski definition) is 5. The van der Waals surface area contributed by atoms with Crippen LogP contribution in [0, 0.1) is 20.8 Å². The van der Waals surface area contributed by atoms with E-state index in [1.165, 1.54) is 13.0 Å². The molecule has 0 aliphatic rings. The smallest absolute Gasteiger partial charge is 0.243 e. The topological polar surface area (TPSA) is 89.3 Å². The second-order valence-corrected chi connectivity index (χ2v) is 8.08. The lowest BCUT2D eigenvalue weighted by Gasteiger charge is -2.13. The lowest BCUT2D eigenvalue weighted by Crippen LogP contribution is -2.33. The van der Waals surface area contributed by atoms with Crippen LogP contribution in [-0.2, 0) is 20.4 Å². The van der Waals surface area contributed by atoms with Crippen molar-refractivity contribution in [2.75, 3.05) is 5.32 Å². The average molecular weight is 336 g/mol. The standard InChI is InChI=1S/C16H20N2O4S/c1-10-5-11(2)7-14(6-10)9-23(20,21)13(4)16(19)17-15-8-12(3)22-18-15/h5-8,13H,9H2,1-4H3,(H,17,18,19). The molecule has 1 heterocycles. The number of carbonyl (C=O) groups is 1. The minimum atomic E-state index is -3.63. The maximum atomic E-state index is 12.5. The van der Waals surface area contributed by atoms with Crippen LogP contribution >= 0.6 is 0 Å². The van der Waals surface area contributed by atoms with Crippen molar-refractivity contribution >= 4 is 21.6 Å². The summed E-state index contributed by atoms with van der Waals surface area (Å²) in [6.07, 6.45) is 0. The first-order valence-corrected chi connectivity index (χ1v) is 8.92. The number of amides is 1. The van der Waals surface area contributed by atoms with E-state index in [1.54, 1.807) is 6.92 Å². The molecule has 1 aromatic carbocycles. The van der Waals surface area contributed by atoms with E-state index in [1.807, 2.05) is 32.0 Å². The molecule has 0 spiro atoms. The molecule has 6 nitrogen and oxygen atoms in total. The largest absolute Gasteiger partial charge is 0.360 e. The normalized spacial score (nSPS) is 12.9. The van der Waals surface area contributed by atoms with Crippen LogP contribution in [0.2, 0.25) is 0 Å². The molecule has 124 valence electrons. The summed E-state index contributed by atoms with van der Waals surface area (Å²) in [6.45, 7) is 6.88. The van der Waals surface area contributed by atoms with Gasteiger partial charge in [-0.3, -0.25) is 4.79 Å². The minimum absolute atomic E-state index is 0.179. The van der Waals surface area contributed by atoms with Crippen LogP contribution < -0.4 is 5.32 Å². The maximum Gasteiger partial charge on any atom is 0.243 e. The van der Waals surface area contributed by atoms with E-state index in [-0.39, 0.29) is 11.6 Å². The van der Waals surface area contributed by atoms with Crippen LogP contribution in [0.4, 0.5) is 5.82 Å². The summed E-state index contributed by atoms with van der Waals surface area (Å²) < 4.78 is 29.7. The lowest BCUT2D eigenvalue weighted by molar-refractivity contribution is -0.115. The van der Waals surface area contributed by atoms with E-state index in [4.69, 9.17) is 4.52 Å². The molecule has 0 saturated carbocycles. The fraction of sp³-hybridized carbons (Fsp3) is 0.375. The summed E-state index contributed by atoms with van der Waals surface area (Å²) in [7, 11) is -3.63. The fourth-order valence-corrected chi connectivity index (χ4v) is 3.59. The van der Waals surface area contributed by atoms with Crippen molar-refractivity contribution in [2.45, 2.75) is 38.7 Å². The predicted molar refractivity (Wildman–Crippen MR) is 87.9 cm³/mol. The Labute approximate surface area is 135 Å². The van der Waals surface area contributed by atoms with Crippen molar-refractivity contribution in [2.24, 2.45) is 0 Å². The van der Waals surface area contributed by atoms with Crippen molar-refractivity contribution in [3.63, 3.8) is 0 Å². The number of hydrogen-bond donors (Lipinski definition) is 1. The number of anilines is 1. The summed E-state index contributed by atoms with van der Waals surface area (Å²) in [4.78, 5) is 12.1. The Hall–Kier alpha value is -2.15. The molecule has 23 heavy (non-hydrogen) atoms. The van der Waals surface area contributed by atoms with Gasteiger partial charge in [-0.05, 0) is 33.3 Å². The molecular weight excluding hydrogens is 316 g/mol. The zero-order valence-electron chi connectivity index (χ0n) is 13.6. The van der Waals surface area contributed by atoms with E-state index < -0.39 is 21.0 Å². The zero-order chi connectivity index (χ0) is 17.2. The highest BCUT2D eigenvalue weighted by molar-refractivity contribution is 7.92. The molecule has 7 heteroatoms. The van der Waals surface area contributed by atoms with Gasteiger partial charge in [-0.1, -0.05) is 34.5 Å². The van der Waals surface area contributed by atoms with Crippen LogP contribution in [0.25, 0.3) is 0 Å². The highest BCUT2D eigenvalue weighted by Crippen LogP contribution is 2.16. The first-order valence-electron chi connectivity index (χ1n) is 7.20. The van der Waals surface area contributed by atoms with E-state index in [9.17, 15) is 13.2 Å². The predicted octanol–water partition coefficient (Wildman–Crippen LogP) is 2.54. The third-order valence-corrected chi connectivity index (χ3v) is 5.46.